The van der Waals surface area contributed by atoms with Crippen molar-refractivity contribution in [1.29, 1.82) is 0 Å². The van der Waals surface area contributed by atoms with E-state index in [9.17, 15) is 4.79 Å². The third-order valence-electron chi connectivity index (χ3n) is 0.863. The Labute approximate surface area is 51.2 Å². The molecular weight excluding hydrogens is 123 g/mol. The van der Waals surface area contributed by atoms with E-state index in [-0.39, 0.29) is 4.70 Å². The third kappa shape index (κ3) is 1.56. The largest absolute Gasteiger partial charge is 0.364 e. The molecule has 0 aliphatic carbocycles. The predicted octanol–water partition coefficient (Wildman–Crippen LogP) is 0.266. The van der Waals surface area contributed by atoms with E-state index in [0.29, 0.717) is 5.69 Å². The number of rotatable bonds is 1. The fourth-order valence-corrected chi connectivity index (χ4v) is 0.484. The molecule has 0 aliphatic heterocycles. The lowest BCUT2D eigenvalue weighted by atomic mass is 10.4. The number of carbonyl (C=O) groups excluding carboxylic acids is 1. The van der Waals surface area contributed by atoms with Gasteiger partial charge >= 0.3 is 0 Å². The van der Waals surface area contributed by atoms with Gasteiger partial charge in [0, 0.05) is 6.20 Å². The molecule has 9 heavy (non-hydrogen) atoms. The highest BCUT2D eigenvalue weighted by Crippen LogP contribution is 1.89. The van der Waals surface area contributed by atoms with E-state index < -0.39 is 5.91 Å². The van der Waals surface area contributed by atoms with Crippen LogP contribution in [0.1, 0.15) is 10.5 Å². The van der Waals surface area contributed by atoms with Gasteiger partial charge in [0.05, 0.1) is 0 Å². The lowest BCUT2D eigenvalue weighted by Gasteiger charge is -1.82. The summed E-state index contributed by atoms with van der Waals surface area (Å²) in [7, 11) is 0. The molecule has 1 aromatic heterocycles. The number of hydrogen-bond donors (Lipinski definition) is 2. The highest BCUT2D eigenvalue weighted by atomic mass is 19.0. The van der Waals surface area contributed by atoms with Crippen LogP contribution in [0.2, 0.25) is 0 Å². The van der Waals surface area contributed by atoms with E-state index in [4.69, 9.17) is 5.73 Å². The minimum Gasteiger partial charge on any atom is -0.364 e. The Hall–Kier alpha value is -1.32. The van der Waals surface area contributed by atoms with Crippen molar-refractivity contribution in [2.24, 2.45) is 5.73 Å². The van der Waals surface area contributed by atoms with Crippen molar-refractivity contribution in [1.82, 2.24) is 4.98 Å². The normalized spacial score (nSPS) is 8.00. The van der Waals surface area contributed by atoms with Crippen LogP contribution in [0.15, 0.2) is 18.3 Å². The van der Waals surface area contributed by atoms with Gasteiger partial charge in [0.15, 0.2) is 0 Å². The molecule has 0 atom stereocenters. The van der Waals surface area contributed by atoms with Crippen LogP contribution in [0.4, 0.5) is 4.70 Å². The van der Waals surface area contributed by atoms with Crippen molar-refractivity contribution in [3.05, 3.63) is 24.0 Å². The van der Waals surface area contributed by atoms with Crippen molar-refractivity contribution >= 4 is 5.91 Å². The monoisotopic (exact) mass is 130 g/mol. The van der Waals surface area contributed by atoms with E-state index >= 15 is 0 Å². The fraction of sp³-hybridized carbons (Fsp3) is 0. The van der Waals surface area contributed by atoms with Gasteiger partial charge in [-0.3, -0.25) is 9.50 Å². The number of halogens is 1. The van der Waals surface area contributed by atoms with Gasteiger partial charge in [0.25, 0.3) is 5.91 Å². The quantitative estimate of drug-likeness (QED) is 0.563. The minimum absolute atomic E-state index is 0. The average Bonchev–Trinajstić information content (AvgIpc) is 2.12. The zero-order valence-electron chi connectivity index (χ0n) is 4.63. The molecular formula is C5H7FN2O. The molecule has 0 spiro atoms. The number of aromatic amines is 1. The molecule has 3 nitrogen and oxygen atoms in total. The SMILES string of the molecule is F.NC(=O)c1ccc[nH]1. The predicted molar refractivity (Wildman–Crippen MR) is 31.8 cm³/mol. The molecule has 1 amide bonds. The second-order valence-corrected chi connectivity index (χ2v) is 1.45. The van der Waals surface area contributed by atoms with Crippen molar-refractivity contribution < 1.29 is 9.50 Å². The molecule has 0 aliphatic rings. The Balaban J connectivity index is 0.000000640. The van der Waals surface area contributed by atoms with Gasteiger partial charge in [-0.15, -0.1) is 0 Å². The first-order valence-electron chi connectivity index (χ1n) is 2.24. The number of aromatic nitrogens is 1. The Morgan fingerprint density at radius 1 is 1.67 bits per heavy atom. The first kappa shape index (κ1) is 7.68. The molecule has 0 radical (unpaired) electrons. The second kappa shape index (κ2) is 2.86. The summed E-state index contributed by atoms with van der Waals surface area (Å²) < 4.78 is 0. The van der Waals surface area contributed by atoms with Crippen molar-refractivity contribution in [3.63, 3.8) is 0 Å². The van der Waals surface area contributed by atoms with Gasteiger partial charge in [-0.2, -0.15) is 0 Å². The summed E-state index contributed by atoms with van der Waals surface area (Å²) in [6, 6.07) is 3.35. The summed E-state index contributed by atoms with van der Waals surface area (Å²) in [5.74, 6) is -0.421. The van der Waals surface area contributed by atoms with Gasteiger partial charge in [0.2, 0.25) is 0 Å². The van der Waals surface area contributed by atoms with E-state index in [2.05, 4.69) is 4.98 Å². The Morgan fingerprint density at radius 2 is 2.33 bits per heavy atom. The highest BCUT2D eigenvalue weighted by molar-refractivity contribution is 5.90. The minimum atomic E-state index is -0.421. The number of hydrogen-bond acceptors (Lipinski definition) is 1. The summed E-state index contributed by atoms with van der Waals surface area (Å²) in [6.07, 6.45) is 1.65. The third-order valence-corrected chi connectivity index (χ3v) is 0.863. The lowest BCUT2D eigenvalue weighted by molar-refractivity contribution is 0.0996. The van der Waals surface area contributed by atoms with Gasteiger partial charge < -0.3 is 10.7 Å². The first-order chi connectivity index (χ1) is 3.80. The summed E-state index contributed by atoms with van der Waals surface area (Å²) in [4.78, 5) is 12.9. The van der Waals surface area contributed by atoms with Gasteiger partial charge in [-0.1, -0.05) is 0 Å². The van der Waals surface area contributed by atoms with Gasteiger partial charge in [-0.05, 0) is 12.1 Å². The van der Waals surface area contributed by atoms with Crippen LogP contribution in [0, 0.1) is 0 Å². The van der Waals surface area contributed by atoms with Crippen LogP contribution in [-0.2, 0) is 0 Å². The molecule has 0 bridgehead atoms. The average molecular weight is 130 g/mol. The molecule has 0 saturated carbocycles. The smallest absolute Gasteiger partial charge is 0.265 e. The number of carbonyl (C=O) groups is 1. The summed E-state index contributed by atoms with van der Waals surface area (Å²) >= 11 is 0. The molecule has 0 fully saturated rings. The van der Waals surface area contributed by atoms with E-state index in [1.807, 2.05) is 0 Å². The fourth-order valence-electron chi connectivity index (χ4n) is 0.484. The lowest BCUT2D eigenvalue weighted by Crippen LogP contribution is -2.10. The van der Waals surface area contributed by atoms with Crippen molar-refractivity contribution in [2.45, 2.75) is 0 Å². The van der Waals surface area contributed by atoms with Crippen LogP contribution >= 0.6 is 0 Å². The standard InChI is InChI=1S/C5H6N2O.FH/c6-5(8)4-2-1-3-7-4;/h1-3,7H,(H2,6,8);1H. The Morgan fingerprint density at radius 3 is 2.56 bits per heavy atom. The van der Waals surface area contributed by atoms with Crippen LogP contribution in [-0.4, -0.2) is 10.9 Å². The van der Waals surface area contributed by atoms with Crippen molar-refractivity contribution in [2.75, 3.05) is 0 Å². The topological polar surface area (TPSA) is 58.9 Å². The molecule has 0 saturated heterocycles. The van der Waals surface area contributed by atoms with Crippen LogP contribution in [0.3, 0.4) is 0 Å². The molecule has 4 heteroatoms. The van der Waals surface area contributed by atoms with E-state index in [1.165, 1.54) is 0 Å². The van der Waals surface area contributed by atoms with Gasteiger partial charge in [0.1, 0.15) is 5.69 Å². The molecule has 0 unspecified atom stereocenters. The number of nitrogens with one attached hydrogen (secondary N) is 1. The van der Waals surface area contributed by atoms with Crippen molar-refractivity contribution in [3.8, 4) is 0 Å². The molecule has 1 aromatic rings. The number of amides is 1. The Bertz CT molecular complexity index is 183. The molecule has 1 rings (SSSR count). The number of nitrogens with two attached hydrogens (primary N) is 1. The molecule has 1 heterocycles. The van der Waals surface area contributed by atoms with Crippen LogP contribution in [0.25, 0.3) is 0 Å². The zero-order chi connectivity index (χ0) is 5.98. The highest BCUT2D eigenvalue weighted by Gasteiger charge is 1.95. The summed E-state index contributed by atoms with van der Waals surface area (Å²) in [6.45, 7) is 0. The second-order valence-electron chi connectivity index (χ2n) is 1.45. The van der Waals surface area contributed by atoms with Crippen LogP contribution < -0.4 is 5.73 Å². The molecule has 50 valence electrons. The summed E-state index contributed by atoms with van der Waals surface area (Å²) in [5, 5.41) is 0. The summed E-state index contributed by atoms with van der Waals surface area (Å²) in [5.41, 5.74) is 5.34. The number of primary amides is 1. The van der Waals surface area contributed by atoms with E-state index in [1.54, 1.807) is 18.3 Å². The van der Waals surface area contributed by atoms with Gasteiger partial charge in [-0.25, -0.2) is 0 Å². The maximum atomic E-state index is 10.3. The molecule has 3 N–H and O–H groups in total. The zero-order valence-corrected chi connectivity index (χ0v) is 4.63. The number of H-pyrrole nitrogens is 1. The maximum absolute atomic E-state index is 10.3. The van der Waals surface area contributed by atoms with E-state index in [0.717, 1.165) is 0 Å². The Kier molecular flexibility index (Phi) is 2.44. The van der Waals surface area contributed by atoms with Crippen LogP contribution in [0.5, 0.6) is 0 Å². The first-order valence-corrected chi connectivity index (χ1v) is 2.24. The maximum Gasteiger partial charge on any atom is 0.265 e. The molecule has 0 aromatic carbocycles.